The Balaban J connectivity index is 1.73. The minimum absolute atomic E-state index is 0.251. The molecule has 3 nitrogen and oxygen atoms in total. The van der Waals surface area contributed by atoms with Gasteiger partial charge in [0, 0.05) is 9.86 Å². The summed E-state index contributed by atoms with van der Waals surface area (Å²) in [4.78, 5) is 12.0. The Kier molecular flexibility index (Phi) is 4.39. The third-order valence-electron chi connectivity index (χ3n) is 3.29. The molecule has 0 radical (unpaired) electrons. The van der Waals surface area contributed by atoms with Crippen LogP contribution in [0.2, 0.25) is 0 Å². The number of nitrogens with one attached hydrogen (secondary N) is 1. The minimum atomic E-state index is -0.462. The maximum Gasteiger partial charge on any atom is 0.411 e. The zero-order chi connectivity index (χ0) is 15.4. The number of ether oxygens (including phenoxy) is 1. The summed E-state index contributed by atoms with van der Waals surface area (Å²) in [5, 5.41) is 4.83. The quantitative estimate of drug-likeness (QED) is 0.687. The number of anilines is 1. The molecule has 0 aromatic heterocycles. The molecule has 0 heterocycles. The molecule has 0 spiro atoms. The van der Waals surface area contributed by atoms with Gasteiger partial charge in [0.05, 0.1) is 5.69 Å². The molecule has 0 saturated heterocycles. The summed E-state index contributed by atoms with van der Waals surface area (Å²) in [7, 11) is 0. The van der Waals surface area contributed by atoms with Crippen LogP contribution >= 0.6 is 15.9 Å². The molecule has 4 heteroatoms. The van der Waals surface area contributed by atoms with Crippen molar-refractivity contribution in [2.75, 3.05) is 5.32 Å². The van der Waals surface area contributed by atoms with Gasteiger partial charge in [-0.05, 0) is 29.1 Å². The molecule has 110 valence electrons. The summed E-state index contributed by atoms with van der Waals surface area (Å²) in [5.41, 5.74) is 1.69. The minimum Gasteiger partial charge on any atom is -0.444 e. The lowest BCUT2D eigenvalue weighted by molar-refractivity contribution is 0.155. The molecule has 0 atom stereocenters. The number of halogens is 1. The van der Waals surface area contributed by atoms with Crippen LogP contribution in [0.25, 0.3) is 10.8 Å². The number of hydrogen-bond donors (Lipinski definition) is 1. The Bertz CT molecular complexity index is 803. The van der Waals surface area contributed by atoms with E-state index in [-0.39, 0.29) is 6.61 Å². The van der Waals surface area contributed by atoms with Gasteiger partial charge in [-0.1, -0.05) is 64.5 Å². The molecule has 0 saturated carbocycles. The molecule has 22 heavy (non-hydrogen) atoms. The molecule has 1 N–H and O–H groups in total. The topological polar surface area (TPSA) is 38.3 Å². The first-order valence-corrected chi connectivity index (χ1v) is 7.68. The molecule has 3 aromatic carbocycles. The van der Waals surface area contributed by atoms with Gasteiger partial charge in [-0.15, -0.1) is 0 Å². The second-order valence-electron chi connectivity index (χ2n) is 4.86. The first-order valence-electron chi connectivity index (χ1n) is 6.88. The Morgan fingerprint density at radius 2 is 1.82 bits per heavy atom. The van der Waals surface area contributed by atoms with Gasteiger partial charge in [0.1, 0.15) is 6.61 Å². The van der Waals surface area contributed by atoms with Crippen molar-refractivity contribution in [2.24, 2.45) is 0 Å². The van der Waals surface area contributed by atoms with E-state index < -0.39 is 6.09 Å². The summed E-state index contributed by atoms with van der Waals surface area (Å²) in [6.07, 6.45) is -0.462. The molecule has 0 fully saturated rings. The molecule has 0 aliphatic rings. The molecule has 3 rings (SSSR count). The van der Waals surface area contributed by atoms with Crippen molar-refractivity contribution in [1.29, 1.82) is 0 Å². The summed E-state index contributed by atoms with van der Waals surface area (Å²) in [6.45, 7) is 0.251. The molecule has 1 amide bonds. The lowest BCUT2D eigenvalue weighted by Gasteiger charge is -2.10. The Morgan fingerprint density at radius 3 is 2.64 bits per heavy atom. The van der Waals surface area contributed by atoms with E-state index in [9.17, 15) is 4.79 Å². The number of fused-ring (bicyclic) bond motifs is 1. The number of carbonyl (C=O) groups is 1. The van der Waals surface area contributed by atoms with Crippen LogP contribution in [0, 0.1) is 0 Å². The molecule has 0 bridgehead atoms. The average molecular weight is 356 g/mol. The van der Waals surface area contributed by atoms with Gasteiger partial charge in [-0.2, -0.15) is 0 Å². The monoisotopic (exact) mass is 355 g/mol. The van der Waals surface area contributed by atoms with Gasteiger partial charge in [-0.3, -0.25) is 5.32 Å². The van der Waals surface area contributed by atoms with Crippen LogP contribution in [0.5, 0.6) is 0 Å². The second kappa shape index (κ2) is 6.62. The van der Waals surface area contributed by atoms with Crippen molar-refractivity contribution < 1.29 is 9.53 Å². The van der Waals surface area contributed by atoms with Crippen molar-refractivity contribution in [3.8, 4) is 0 Å². The fourth-order valence-corrected chi connectivity index (χ4v) is 2.58. The third-order valence-corrected chi connectivity index (χ3v) is 3.79. The van der Waals surface area contributed by atoms with E-state index in [4.69, 9.17) is 4.74 Å². The van der Waals surface area contributed by atoms with Gasteiger partial charge >= 0.3 is 6.09 Å². The molecule has 0 aliphatic carbocycles. The highest BCUT2D eigenvalue weighted by Crippen LogP contribution is 2.26. The van der Waals surface area contributed by atoms with E-state index in [1.807, 2.05) is 66.7 Å². The molecular weight excluding hydrogens is 342 g/mol. The summed E-state index contributed by atoms with van der Waals surface area (Å²) < 4.78 is 6.21. The first-order chi connectivity index (χ1) is 10.7. The fourth-order valence-electron chi connectivity index (χ4n) is 2.22. The van der Waals surface area contributed by atoms with E-state index in [1.165, 1.54) is 0 Å². The maximum absolute atomic E-state index is 12.0. The van der Waals surface area contributed by atoms with Crippen molar-refractivity contribution >= 4 is 38.5 Å². The van der Waals surface area contributed by atoms with Gasteiger partial charge < -0.3 is 4.74 Å². The zero-order valence-electron chi connectivity index (χ0n) is 11.8. The van der Waals surface area contributed by atoms with Gasteiger partial charge in [0.2, 0.25) is 0 Å². The summed E-state index contributed by atoms with van der Waals surface area (Å²) in [5.74, 6) is 0. The highest BCUT2D eigenvalue weighted by molar-refractivity contribution is 9.10. The van der Waals surface area contributed by atoms with Crippen molar-refractivity contribution in [2.45, 2.75) is 6.61 Å². The SMILES string of the molecule is O=C(Nc1cccc2ccc(Br)cc12)OCc1ccccc1. The predicted octanol–water partition coefficient (Wildman–Crippen LogP) is 5.35. The Hall–Kier alpha value is -2.33. The van der Waals surface area contributed by atoms with Crippen molar-refractivity contribution in [3.63, 3.8) is 0 Å². The number of rotatable bonds is 3. The van der Waals surface area contributed by atoms with Crippen molar-refractivity contribution in [3.05, 3.63) is 76.8 Å². The summed E-state index contributed by atoms with van der Waals surface area (Å²) >= 11 is 3.45. The zero-order valence-corrected chi connectivity index (χ0v) is 13.3. The molecule has 3 aromatic rings. The van der Waals surface area contributed by atoms with Crippen LogP contribution < -0.4 is 5.32 Å². The Morgan fingerprint density at radius 1 is 1.00 bits per heavy atom. The lowest BCUT2D eigenvalue weighted by Crippen LogP contribution is -2.13. The highest BCUT2D eigenvalue weighted by Gasteiger charge is 2.07. The largest absolute Gasteiger partial charge is 0.444 e. The van der Waals surface area contributed by atoms with E-state index in [0.717, 1.165) is 26.5 Å². The number of hydrogen-bond acceptors (Lipinski definition) is 2. The standard InChI is InChI=1S/C18H14BrNO2/c19-15-10-9-14-7-4-8-17(16(14)11-15)20-18(21)22-12-13-5-2-1-3-6-13/h1-11H,12H2,(H,20,21). The van der Waals surface area contributed by atoms with Gasteiger partial charge in [-0.25, -0.2) is 4.79 Å². The second-order valence-corrected chi connectivity index (χ2v) is 5.77. The van der Waals surface area contributed by atoms with Crippen LogP contribution in [0.15, 0.2) is 71.2 Å². The smallest absolute Gasteiger partial charge is 0.411 e. The van der Waals surface area contributed by atoms with Gasteiger partial charge in [0.25, 0.3) is 0 Å². The molecule has 0 aliphatic heterocycles. The highest BCUT2D eigenvalue weighted by atomic mass is 79.9. The maximum atomic E-state index is 12.0. The average Bonchev–Trinajstić information content (AvgIpc) is 2.54. The Labute approximate surface area is 137 Å². The molecular formula is C18H14BrNO2. The summed E-state index contributed by atoms with van der Waals surface area (Å²) in [6, 6.07) is 21.3. The number of carbonyl (C=O) groups excluding carboxylic acids is 1. The normalized spacial score (nSPS) is 10.4. The van der Waals surface area contributed by atoms with Crippen molar-refractivity contribution in [1.82, 2.24) is 0 Å². The van der Waals surface area contributed by atoms with Crippen LogP contribution in [0.4, 0.5) is 10.5 Å². The van der Waals surface area contributed by atoms with Crippen LogP contribution in [-0.4, -0.2) is 6.09 Å². The fraction of sp³-hybridized carbons (Fsp3) is 0.0556. The first kappa shape index (κ1) is 14.6. The van der Waals surface area contributed by atoms with Crippen LogP contribution in [0.1, 0.15) is 5.56 Å². The van der Waals surface area contributed by atoms with E-state index in [2.05, 4.69) is 21.2 Å². The lowest BCUT2D eigenvalue weighted by atomic mass is 10.1. The predicted molar refractivity (Wildman–Crippen MR) is 91.9 cm³/mol. The van der Waals surface area contributed by atoms with E-state index >= 15 is 0 Å². The molecule has 0 unspecified atom stereocenters. The van der Waals surface area contributed by atoms with E-state index in [1.54, 1.807) is 0 Å². The third kappa shape index (κ3) is 3.46. The van der Waals surface area contributed by atoms with Crippen LogP contribution in [0.3, 0.4) is 0 Å². The van der Waals surface area contributed by atoms with Gasteiger partial charge in [0.15, 0.2) is 0 Å². The van der Waals surface area contributed by atoms with Crippen LogP contribution in [-0.2, 0) is 11.3 Å². The number of benzene rings is 3. The number of amides is 1. The van der Waals surface area contributed by atoms with E-state index in [0.29, 0.717) is 0 Å².